The maximum absolute atomic E-state index is 8.86. The molecule has 0 aliphatic carbocycles. The van der Waals surface area contributed by atoms with Crippen molar-refractivity contribution in [1.82, 2.24) is 9.80 Å². The fraction of sp³-hybridized carbons (Fsp3) is 0.909. The lowest BCUT2D eigenvalue weighted by Gasteiger charge is -2.20. The van der Waals surface area contributed by atoms with Crippen LogP contribution < -0.4 is 0 Å². The third-order valence-electron chi connectivity index (χ3n) is 2.86. The number of β-amino-alcohol motifs (C(OH)–C–C–N with tert-alkyl or cyclic N) is 1. The molecule has 0 aromatic rings. The van der Waals surface area contributed by atoms with Crippen molar-refractivity contribution >= 4 is 0 Å². The van der Waals surface area contributed by atoms with Gasteiger partial charge in [0.25, 0.3) is 0 Å². The number of unbranched alkanes of at least 4 members (excludes halogenated alkanes) is 1. The predicted octanol–water partition coefficient (Wildman–Crippen LogP) is 0.290. The molecule has 4 nitrogen and oxygen atoms in total. The van der Waals surface area contributed by atoms with Crippen molar-refractivity contribution in [2.75, 3.05) is 45.9 Å². The predicted molar refractivity (Wildman–Crippen MR) is 59.4 cm³/mol. The molecule has 15 heavy (non-hydrogen) atoms. The molecule has 0 bridgehead atoms. The van der Waals surface area contributed by atoms with Gasteiger partial charge in [-0.25, -0.2) is 0 Å². The zero-order chi connectivity index (χ0) is 10.9. The highest BCUT2D eigenvalue weighted by atomic mass is 16.3. The van der Waals surface area contributed by atoms with Crippen LogP contribution >= 0.6 is 0 Å². The first-order valence-corrected chi connectivity index (χ1v) is 5.79. The highest BCUT2D eigenvalue weighted by molar-refractivity contribution is 4.73. The molecule has 0 spiro atoms. The summed E-state index contributed by atoms with van der Waals surface area (Å²) in [6, 6.07) is 2.18. The highest BCUT2D eigenvalue weighted by Crippen LogP contribution is 2.04. The van der Waals surface area contributed by atoms with Crippen LogP contribution in [0.5, 0.6) is 0 Å². The maximum atomic E-state index is 8.86. The molecule has 0 aromatic heterocycles. The number of hydrogen-bond donors (Lipinski definition) is 1. The van der Waals surface area contributed by atoms with Gasteiger partial charge in [-0.2, -0.15) is 5.26 Å². The fourth-order valence-electron chi connectivity index (χ4n) is 1.99. The van der Waals surface area contributed by atoms with Crippen LogP contribution in [0.4, 0.5) is 0 Å². The summed E-state index contributed by atoms with van der Waals surface area (Å²) < 4.78 is 0. The Kier molecular flexibility index (Phi) is 6.33. The van der Waals surface area contributed by atoms with E-state index in [0.29, 0.717) is 6.42 Å². The second kappa shape index (κ2) is 7.63. The summed E-state index contributed by atoms with van der Waals surface area (Å²) in [5.74, 6) is 0. The van der Waals surface area contributed by atoms with Gasteiger partial charge in [-0.1, -0.05) is 0 Å². The lowest BCUT2D eigenvalue weighted by molar-refractivity contribution is 0.196. The molecular weight excluding hydrogens is 190 g/mol. The Morgan fingerprint density at radius 2 is 1.73 bits per heavy atom. The van der Waals surface area contributed by atoms with Gasteiger partial charge in [-0.15, -0.1) is 0 Å². The van der Waals surface area contributed by atoms with Crippen LogP contribution in [-0.2, 0) is 0 Å². The van der Waals surface area contributed by atoms with Crippen LogP contribution in [0.2, 0.25) is 0 Å². The summed E-state index contributed by atoms with van der Waals surface area (Å²) in [5.41, 5.74) is 0. The second-order valence-electron chi connectivity index (χ2n) is 4.02. The van der Waals surface area contributed by atoms with Crippen LogP contribution in [0.3, 0.4) is 0 Å². The van der Waals surface area contributed by atoms with Gasteiger partial charge in [0, 0.05) is 26.1 Å². The van der Waals surface area contributed by atoms with Gasteiger partial charge >= 0.3 is 0 Å². The minimum Gasteiger partial charge on any atom is -0.395 e. The summed E-state index contributed by atoms with van der Waals surface area (Å²) in [7, 11) is 0. The van der Waals surface area contributed by atoms with Gasteiger partial charge in [0.1, 0.15) is 0 Å². The summed E-state index contributed by atoms with van der Waals surface area (Å²) in [4.78, 5) is 4.74. The minimum absolute atomic E-state index is 0.258. The minimum atomic E-state index is 0.258. The standard InChI is InChI=1S/C11H21N3O/c12-4-1-2-5-13-6-3-7-14(9-8-13)10-11-15/h15H,1-3,5-11H2. The Morgan fingerprint density at radius 3 is 2.33 bits per heavy atom. The van der Waals surface area contributed by atoms with Gasteiger partial charge in [-0.3, -0.25) is 4.90 Å². The van der Waals surface area contributed by atoms with E-state index in [1.54, 1.807) is 0 Å². The number of aliphatic hydroxyl groups is 1. The largest absolute Gasteiger partial charge is 0.395 e. The second-order valence-corrected chi connectivity index (χ2v) is 4.02. The number of hydrogen-bond acceptors (Lipinski definition) is 4. The molecule has 0 aromatic carbocycles. The topological polar surface area (TPSA) is 50.5 Å². The lowest BCUT2D eigenvalue weighted by atomic mass is 10.3. The molecular formula is C11H21N3O. The Morgan fingerprint density at radius 1 is 1.07 bits per heavy atom. The first-order chi connectivity index (χ1) is 7.36. The molecule has 4 heteroatoms. The number of nitriles is 1. The van der Waals surface area contributed by atoms with E-state index in [0.717, 1.165) is 45.7 Å². The van der Waals surface area contributed by atoms with Crippen molar-refractivity contribution in [3.05, 3.63) is 0 Å². The Balaban J connectivity index is 2.18. The Hall–Kier alpha value is -0.630. The van der Waals surface area contributed by atoms with E-state index < -0.39 is 0 Å². The van der Waals surface area contributed by atoms with E-state index in [-0.39, 0.29) is 6.61 Å². The van der Waals surface area contributed by atoms with Crippen molar-refractivity contribution in [3.8, 4) is 6.07 Å². The zero-order valence-electron chi connectivity index (χ0n) is 9.36. The van der Waals surface area contributed by atoms with Gasteiger partial charge in [0.2, 0.25) is 0 Å². The summed E-state index contributed by atoms with van der Waals surface area (Å²) in [6.45, 7) is 6.45. The van der Waals surface area contributed by atoms with Crippen molar-refractivity contribution in [3.63, 3.8) is 0 Å². The smallest absolute Gasteiger partial charge is 0.0622 e. The average molecular weight is 211 g/mol. The lowest BCUT2D eigenvalue weighted by Crippen LogP contribution is -2.32. The molecule has 0 unspecified atom stereocenters. The van der Waals surface area contributed by atoms with E-state index >= 15 is 0 Å². The van der Waals surface area contributed by atoms with Gasteiger partial charge in [-0.05, 0) is 32.5 Å². The molecule has 0 atom stereocenters. The normalized spacial score (nSPS) is 19.7. The molecule has 86 valence electrons. The summed E-state index contributed by atoms with van der Waals surface area (Å²) in [6.07, 6.45) is 2.82. The molecule has 0 radical (unpaired) electrons. The quantitative estimate of drug-likeness (QED) is 0.664. The first-order valence-electron chi connectivity index (χ1n) is 5.79. The zero-order valence-corrected chi connectivity index (χ0v) is 9.36. The van der Waals surface area contributed by atoms with Gasteiger partial charge in [0.15, 0.2) is 0 Å². The monoisotopic (exact) mass is 211 g/mol. The maximum Gasteiger partial charge on any atom is 0.0622 e. The van der Waals surface area contributed by atoms with E-state index in [1.807, 2.05) is 0 Å². The van der Waals surface area contributed by atoms with Crippen LogP contribution in [-0.4, -0.2) is 60.8 Å². The van der Waals surface area contributed by atoms with Crippen molar-refractivity contribution in [2.24, 2.45) is 0 Å². The summed E-state index contributed by atoms with van der Waals surface area (Å²) >= 11 is 0. The van der Waals surface area contributed by atoms with Crippen molar-refractivity contribution in [1.29, 1.82) is 5.26 Å². The first kappa shape index (κ1) is 12.4. The molecule has 1 rings (SSSR count). The Labute approximate surface area is 92.1 Å². The van der Waals surface area contributed by atoms with E-state index in [2.05, 4.69) is 15.9 Å². The molecule has 1 fully saturated rings. The van der Waals surface area contributed by atoms with E-state index in [4.69, 9.17) is 10.4 Å². The molecule has 1 saturated heterocycles. The molecule has 1 aliphatic rings. The number of rotatable bonds is 5. The van der Waals surface area contributed by atoms with Crippen LogP contribution in [0, 0.1) is 11.3 Å². The SMILES string of the molecule is N#CCCCN1CCCN(CCO)CC1. The van der Waals surface area contributed by atoms with Crippen LogP contribution in [0.1, 0.15) is 19.3 Å². The molecule has 1 aliphatic heterocycles. The third kappa shape index (κ3) is 5.12. The van der Waals surface area contributed by atoms with Gasteiger partial charge < -0.3 is 10.0 Å². The molecule has 0 amide bonds. The number of nitrogens with zero attached hydrogens (tertiary/aromatic N) is 3. The van der Waals surface area contributed by atoms with Gasteiger partial charge in [0.05, 0.1) is 12.7 Å². The molecule has 1 heterocycles. The van der Waals surface area contributed by atoms with Crippen molar-refractivity contribution in [2.45, 2.75) is 19.3 Å². The fourth-order valence-corrected chi connectivity index (χ4v) is 1.99. The van der Waals surface area contributed by atoms with Crippen molar-refractivity contribution < 1.29 is 5.11 Å². The summed E-state index contributed by atoms with van der Waals surface area (Å²) in [5, 5.41) is 17.3. The van der Waals surface area contributed by atoms with Crippen LogP contribution in [0.25, 0.3) is 0 Å². The average Bonchev–Trinajstić information content (AvgIpc) is 2.45. The number of aliphatic hydroxyl groups excluding tert-OH is 1. The van der Waals surface area contributed by atoms with E-state index in [9.17, 15) is 0 Å². The highest BCUT2D eigenvalue weighted by Gasteiger charge is 2.13. The van der Waals surface area contributed by atoms with Crippen LogP contribution in [0.15, 0.2) is 0 Å². The van der Waals surface area contributed by atoms with E-state index in [1.165, 1.54) is 6.42 Å². The molecule has 1 N–H and O–H groups in total. The molecule has 0 saturated carbocycles. The third-order valence-corrected chi connectivity index (χ3v) is 2.86. The Bertz CT molecular complexity index is 202.